The molecule has 1 aliphatic heterocycles. The molecule has 7 nitrogen and oxygen atoms in total. The Labute approximate surface area is 169 Å². The van der Waals surface area contributed by atoms with Crippen LogP contribution in [0.4, 0.5) is 11.6 Å². The van der Waals surface area contributed by atoms with Gasteiger partial charge in [0, 0.05) is 17.9 Å². The maximum Gasteiger partial charge on any atom is 0.274 e. The molecule has 7 heteroatoms. The Hall–Kier alpha value is -3.61. The maximum atomic E-state index is 12.7. The lowest BCUT2D eigenvalue weighted by Crippen LogP contribution is -2.16. The first kappa shape index (κ1) is 18.7. The first-order chi connectivity index (χ1) is 14.0. The molecular weight excluding hydrogens is 368 g/mol. The minimum atomic E-state index is -0.270. The van der Waals surface area contributed by atoms with Crippen molar-refractivity contribution in [1.82, 2.24) is 9.97 Å². The van der Waals surface area contributed by atoms with Crippen LogP contribution < -0.4 is 20.1 Å². The smallest absolute Gasteiger partial charge is 0.274 e. The summed E-state index contributed by atoms with van der Waals surface area (Å²) in [4.78, 5) is 21.5. The Morgan fingerprint density at radius 2 is 1.83 bits per heavy atom. The molecule has 3 aromatic rings. The van der Waals surface area contributed by atoms with Gasteiger partial charge in [0.05, 0.1) is 0 Å². The van der Waals surface area contributed by atoms with Crippen LogP contribution in [0, 0.1) is 20.8 Å². The average molecular weight is 390 g/mol. The van der Waals surface area contributed by atoms with Crippen LogP contribution >= 0.6 is 0 Å². The molecule has 1 aliphatic rings. The molecule has 0 unspecified atom stereocenters. The summed E-state index contributed by atoms with van der Waals surface area (Å²) in [6.07, 6.45) is 0. The minimum Gasteiger partial charge on any atom is -0.454 e. The second-order valence-electron chi connectivity index (χ2n) is 7.03. The maximum absolute atomic E-state index is 12.7. The van der Waals surface area contributed by atoms with Gasteiger partial charge in [0.15, 0.2) is 11.5 Å². The predicted octanol–water partition coefficient (Wildman–Crippen LogP) is 3.99. The number of nitrogens with one attached hydrogen (secondary N) is 2. The van der Waals surface area contributed by atoms with Gasteiger partial charge in [-0.15, -0.1) is 0 Å². The molecule has 0 bridgehead atoms. The summed E-state index contributed by atoms with van der Waals surface area (Å²) in [7, 11) is 0. The van der Waals surface area contributed by atoms with E-state index in [4.69, 9.17) is 9.47 Å². The van der Waals surface area contributed by atoms with E-state index in [0.29, 0.717) is 23.9 Å². The number of hydrogen-bond donors (Lipinski definition) is 2. The number of hydrogen-bond acceptors (Lipinski definition) is 6. The van der Waals surface area contributed by atoms with Crippen molar-refractivity contribution in [1.29, 1.82) is 0 Å². The van der Waals surface area contributed by atoms with Gasteiger partial charge in [-0.25, -0.2) is 9.97 Å². The number of amides is 1. The number of aromatic nitrogens is 2. The lowest BCUT2D eigenvalue weighted by Gasteiger charge is -2.11. The van der Waals surface area contributed by atoms with Crippen LogP contribution in [0.2, 0.25) is 0 Å². The summed E-state index contributed by atoms with van der Waals surface area (Å²) in [6, 6.07) is 13.3. The standard InChI is InChI=1S/C22H22N4O3/c1-13-4-6-17(14(2)8-13)25-21(27)18-9-15(3)24-22(26-18)23-11-16-5-7-19-20(10-16)29-12-28-19/h4-10H,11-12H2,1-3H3,(H,25,27)(H,23,24,26). The second-order valence-corrected chi connectivity index (χ2v) is 7.03. The van der Waals surface area contributed by atoms with Gasteiger partial charge in [-0.3, -0.25) is 4.79 Å². The van der Waals surface area contributed by atoms with E-state index >= 15 is 0 Å². The number of carbonyl (C=O) groups is 1. The normalized spacial score (nSPS) is 12.0. The number of benzene rings is 2. The van der Waals surface area contributed by atoms with Crippen molar-refractivity contribution in [3.8, 4) is 11.5 Å². The quantitative estimate of drug-likeness (QED) is 0.685. The van der Waals surface area contributed by atoms with Gasteiger partial charge in [0.25, 0.3) is 5.91 Å². The highest BCUT2D eigenvalue weighted by Gasteiger charge is 2.14. The highest BCUT2D eigenvalue weighted by atomic mass is 16.7. The van der Waals surface area contributed by atoms with Gasteiger partial charge >= 0.3 is 0 Å². The Morgan fingerprint density at radius 3 is 2.66 bits per heavy atom. The van der Waals surface area contributed by atoms with Crippen molar-refractivity contribution in [2.45, 2.75) is 27.3 Å². The van der Waals surface area contributed by atoms with Crippen molar-refractivity contribution < 1.29 is 14.3 Å². The van der Waals surface area contributed by atoms with Crippen molar-refractivity contribution in [3.63, 3.8) is 0 Å². The van der Waals surface area contributed by atoms with Crippen LogP contribution in [0.5, 0.6) is 11.5 Å². The molecule has 0 atom stereocenters. The number of ether oxygens (including phenoxy) is 2. The summed E-state index contributed by atoms with van der Waals surface area (Å²) < 4.78 is 10.7. The third kappa shape index (κ3) is 4.29. The Bertz CT molecular complexity index is 1080. The van der Waals surface area contributed by atoms with E-state index in [1.165, 1.54) is 0 Å². The monoisotopic (exact) mass is 390 g/mol. The van der Waals surface area contributed by atoms with E-state index in [0.717, 1.165) is 33.9 Å². The van der Waals surface area contributed by atoms with Crippen molar-refractivity contribution in [2.75, 3.05) is 17.4 Å². The Kier molecular flexibility index (Phi) is 5.03. The third-order valence-electron chi connectivity index (χ3n) is 4.60. The molecule has 0 fully saturated rings. The zero-order chi connectivity index (χ0) is 20.4. The first-order valence-corrected chi connectivity index (χ1v) is 9.34. The summed E-state index contributed by atoms with van der Waals surface area (Å²) in [6.45, 7) is 6.56. The first-order valence-electron chi connectivity index (χ1n) is 9.34. The number of aryl methyl sites for hydroxylation is 3. The van der Waals surface area contributed by atoms with Crippen LogP contribution in [0.1, 0.15) is 32.9 Å². The molecule has 2 aromatic carbocycles. The van der Waals surface area contributed by atoms with Gasteiger partial charge in [-0.1, -0.05) is 23.8 Å². The lowest BCUT2D eigenvalue weighted by molar-refractivity contribution is 0.102. The van der Waals surface area contributed by atoms with Crippen molar-refractivity contribution >= 4 is 17.5 Å². The number of fused-ring (bicyclic) bond motifs is 1. The Balaban J connectivity index is 1.47. The van der Waals surface area contributed by atoms with E-state index in [-0.39, 0.29) is 12.7 Å². The molecular formula is C22H22N4O3. The highest BCUT2D eigenvalue weighted by molar-refractivity contribution is 6.03. The SMILES string of the molecule is Cc1ccc(NC(=O)c2cc(C)nc(NCc3ccc4c(c3)OCO4)n2)c(C)c1. The lowest BCUT2D eigenvalue weighted by atomic mass is 10.1. The molecule has 2 N–H and O–H groups in total. The number of rotatable bonds is 5. The molecule has 0 saturated carbocycles. The molecule has 0 spiro atoms. The van der Waals surface area contributed by atoms with Crippen LogP contribution in [-0.2, 0) is 6.54 Å². The van der Waals surface area contributed by atoms with E-state index < -0.39 is 0 Å². The highest BCUT2D eigenvalue weighted by Crippen LogP contribution is 2.32. The molecule has 29 heavy (non-hydrogen) atoms. The molecule has 148 valence electrons. The average Bonchev–Trinajstić information content (AvgIpc) is 3.16. The molecule has 1 amide bonds. The number of anilines is 2. The number of nitrogens with zero attached hydrogens (tertiary/aromatic N) is 2. The molecule has 4 rings (SSSR count). The summed E-state index contributed by atoms with van der Waals surface area (Å²) in [5.74, 6) is 1.59. The Morgan fingerprint density at radius 1 is 1.00 bits per heavy atom. The summed E-state index contributed by atoms with van der Waals surface area (Å²) >= 11 is 0. The van der Waals surface area contributed by atoms with Crippen LogP contribution in [0.3, 0.4) is 0 Å². The molecule has 2 heterocycles. The largest absolute Gasteiger partial charge is 0.454 e. The fourth-order valence-corrected chi connectivity index (χ4v) is 3.14. The van der Waals surface area contributed by atoms with E-state index in [2.05, 4.69) is 20.6 Å². The van der Waals surface area contributed by atoms with Crippen LogP contribution in [-0.4, -0.2) is 22.7 Å². The third-order valence-corrected chi connectivity index (χ3v) is 4.60. The summed E-state index contributed by atoms with van der Waals surface area (Å²) in [5.41, 5.74) is 4.94. The second kappa shape index (κ2) is 7.79. The van der Waals surface area contributed by atoms with Gasteiger partial charge in [0.2, 0.25) is 12.7 Å². The van der Waals surface area contributed by atoms with Crippen molar-refractivity contribution in [2.24, 2.45) is 0 Å². The van der Waals surface area contributed by atoms with Gasteiger partial charge in [-0.05, 0) is 56.2 Å². The van der Waals surface area contributed by atoms with E-state index in [1.807, 2.05) is 57.2 Å². The van der Waals surface area contributed by atoms with E-state index in [9.17, 15) is 4.79 Å². The molecule has 0 saturated heterocycles. The fraction of sp³-hybridized carbons (Fsp3) is 0.227. The van der Waals surface area contributed by atoms with Crippen molar-refractivity contribution in [3.05, 3.63) is 70.5 Å². The summed E-state index contributed by atoms with van der Waals surface area (Å²) in [5, 5.41) is 6.10. The molecule has 0 aliphatic carbocycles. The van der Waals surface area contributed by atoms with E-state index in [1.54, 1.807) is 6.07 Å². The van der Waals surface area contributed by atoms with Gasteiger partial charge < -0.3 is 20.1 Å². The predicted molar refractivity (Wildman–Crippen MR) is 111 cm³/mol. The van der Waals surface area contributed by atoms with Gasteiger partial charge in [-0.2, -0.15) is 0 Å². The number of carbonyl (C=O) groups excluding carboxylic acids is 1. The fourth-order valence-electron chi connectivity index (χ4n) is 3.14. The zero-order valence-electron chi connectivity index (χ0n) is 16.6. The zero-order valence-corrected chi connectivity index (χ0v) is 16.6. The topological polar surface area (TPSA) is 85.4 Å². The van der Waals surface area contributed by atoms with Crippen LogP contribution in [0.25, 0.3) is 0 Å². The molecule has 0 radical (unpaired) electrons. The van der Waals surface area contributed by atoms with Gasteiger partial charge in [0.1, 0.15) is 5.69 Å². The minimum absolute atomic E-state index is 0.242. The van der Waals surface area contributed by atoms with Crippen LogP contribution in [0.15, 0.2) is 42.5 Å². The molecule has 1 aromatic heterocycles.